The van der Waals surface area contributed by atoms with E-state index in [4.69, 9.17) is 4.74 Å². The van der Waals surface area contributed by atoms with Gasteiger partial charge in [-0.1, -0.05) is 34.1 Å². The Hall–Kier alpha value is -1.39. The van der Waals surface area contributed by atoms with Gasteiger partial charge in [0.15, 0.2) is 0 Å². The number of nitrogens with one attached hydrogen (secondary N) is 1. The monoisotopic (exact) mass is 337 g/mol. The van der Waals surface area contributed by atoms with Gasteiger partial charge in [-0.25, -0.2) is 4.39 Å². The third-order valence-corrected chi connectivity index (χ3v) is 3.61. The summed E-state index contributed by atoms with van der Waals surface area (Å²) >= 11 is 3.37. The van der Waals surface area contributed by atoms with Crippen LogP contribution in [0, 0.1) is 5.82 Å². The van der Waals surface area contributed by atoms with Gasteiger partial charge in [0.2, 0.25) is 0 Å². The number of rotatable bonds is 6. The highest BCUT2D eigenvalue weighted by Crippen LogP contribution is 2.18. The van der Waals surface area contributed by atoms with E-state index in [2.05, 4.69) is 27.3 Å². The van der Waals surface area contributed by atoms with Crippen molar-refractivity contribution in [1.82, 2.24) is 5.32 Å². The van der Waals surface area contributed by atoms with Crippen LogP contribution in [0.15, 0.2) is 46.9 Å². The van der Waals surface area contributed by atoms with E-state index in [-0.39, 0.29) is 5.82 Å². The van der Waals surface area contributed by atoms with Crippen molar-refractivity contribution >= 4 is 15.9 Å². The van der Waals surface area contributed by atoms with Crippen molar-refractivity contribution < 1.29 is 9.13 Å². The van der Waals surface area contributed by atoms with Crippen molar-refractivity contribution in [2.24, 2.45) is 0 Å². The third kappa shape index (κ3) is 4.32. The minimum Gasteiger partial charge on any atom is -0.494 e. The summed E-state index contributed by atoms with van der Waals surface area (Å²) < 4.78 is 19.2. The highest BCUT2D eigenvalue weighted by molar-refractivity contribution is 9.10. The molecule has 0 atom stereocenters. The summed E-state index contributed by atoms with van der Waals surface area (Å²) in [5.41, 5.74) is 2.20. The lowest BCUT2D eigenvalue weighted by Crippen LogP contribution is -2.13. The SMILES string of the molecule is CCOc1cccc(CNCc2ccc(F)cc2Br)c1. The molecule has 0 heterocycles. The molecule has 0 amide bonds. The molecule has 0 aliphatic carbocycles. The molecule has 0 saturated heterocycles. The highest BCUT2D eigenvalue weighted by Gasteiger charge is 2.02. The van der Waals surface area contributed by atoms with Crippen LogP contribution in [-0.2, 0) is 13.1 Å². The lowest BCUT2D eigenvalue weighted by molar-refractivity contribution is 0.340. The van der Waals surface area contributed by atoms with Crippen LogP contribution in [-0.4, -0.2) is 6.61 Å². The molecule has 0 fully saturated rings. The molecule has 106 valence electrons. The summed E-state index contributed by atoms with van der Waals surface area (Å²) in [6.07, 6.45) is 0. The van der Waals surface area contributed by atoms with Crippen LogP contribution in [0.25, 0.3) is 0 Å². The Balaban J connectivity index is 1.90. The van der Waals surface area contributed by atoms with E-state index in [1.807, 2.05) is 25.1 Å². The Morgan fingerprint density at radius 1 is 1.15 bits per heavy atom. The van der Waals surface area contributed by atoms with Crippen molar-refractivity contribution in [3.8, 4) is 5.75 Å². The van der Waals surface area contributed by atoms with Gasteiger partial charge in [-0.3, -0.25) is 0 Å². The Kier molecular flexibility index (Phi) is 5.56. The molecule has 0 aliphatic rings. The van der Waals surface area contributed by atoms with Crippen molar-refractivity contribution in [2.45, 2.75) is 20.0 Å². The van der Waals surface area contributed by atoms with Crippen LogP contribution in [0.2, 0.25) is 0 Å². The molecule has 0 aromatic heterocycles. The molecule has 20 heavy (non-hydrogen) atoms. The van der Waals surface area contributed by atoms with Crippen LogP contribution < -0.4 is 10.1 Å². The van der Waals surface area contributed by atoms with Crippen LogP contribution in [0.3, 0.4) is 0 Å². The van der Waals surface area contributed by atoms with Gasteiger partial charge < -0.3 is 10.1 Å². The van der Waals surface area contributed by atoms with Crippen molar-refractivity contribution in [3.05, 3.63) is 63.9 Å². The zero-order valence-corrected chi connectivity index (χ0v) is 12.9. The van der Waals surface area contributed by atoms with E-state index >= 15 is 0 Å². The predicted octanol–water partition coefficient (Wildman–Crippen LogP) is 4.28. The Bertz CT molecular complexity index is 574. The molecule has 0 aliphatic heterocycles. The first-order valence-corrected chi connectivity index (χ1v) is 7.34. The first kappa shape index (κ1) is 15.0. The smallest absolute Gasteiger partial charge is 0.124 e. The standard InChI is InChI=1S/C16H17BrFNO/c1-2-20-15-5-3-4-12(8-15)10-19-11-13-6-7-14(18)9-16(13)17/h3-9,19H,2,10-11H2,1H3. The fourth-order valence-electron chi connectivity index (χ4n) is 1.92. The number of hydrogen-bond donors (Lipinski definition) is 1. The summed E-state index contributed by atoms with van der Waals surface area (Å²) in [5, 5.41) is 3.34. The number of hydrogen-bond acceptors (Lipinski definition) is 2. The van der Waals surface area contributed by atoms with Crippen LogP contribution >= 0.6 is 15.9 Å². The van der Waals surface area contributed by atoms with Gasteiger partial charge in [0, 0.05) is 17.6 Å². The summed E-state index contributed by atoms with van der Waals surface area (Å²) in [6.45, 7) is 4.06. The summed E-state index contributed by atoms with van der Waals surface area (Å²) in [5.74, 6) is 0.653. The maximum Gasteiger partial charge on any atom is 0.124 e. The topological polar surface area (TPSA) is 21.3 Å². The predicted molar refractivity (Wildman–Crippen MR) is 82.3 cm³/mol. The second-order valence-electron chi connectivity index (χ2n) is 4.42. The van der Waals surface area contributed by atoms with Gasteiger partial charge in [0.25, 0.3) is 0 Å². The van der Waals surface area contributed by atoms with Crippen molar-refractivity contribution in [2.75, 3.05) is 6.61 Å². The molecule has 0 saturated carbocycles. The minimum atomic E-state index is -0.231. The molecular formula is C16H17BrFNO. The minimum absolute atomic E-state index is 0.231. The van der Waals surface area contributed by atoms with E-state index in [9.17, 15) is 4.39 Å². The average molecular weight is 338 g/mol. The van der Waals surface area contributed by atoms with Gasteiger partial charge in [-0.05, 0) is 42.3 Å². The van der Waals surface area contributed by atoms with Gasteiger partial charge in [0.05, 0.1) is 6.61 Å². The maximum absolute atomic E-state index is 13.0. The molecule has 2 rings (SSSR count). The van der Waals surface area contributed by atoms with Gasteiger partial charge in [-0.15, -0.1) is 0 Å². The Labute approximate surface area is 127 Å². The first-order valence-electron chi connectivity index (χ1n) is 6.55. The van der Waals surface area contributed by atoms with Gasteiger partial charge in [0.1, 0.15) is 11.6 Å². The largest absolute Gasteiger partial charge is 0.494 e. The molecule has 0 spiro atoms. The second-order valence-corrected chi connectivity index (χ2v) is 5.27. The van der Waals surface area contributed by atoms with Crippen molar-refractivity contribution in [3.63, 3.8) is 0 Å². The van der Waals surface area contributed by atoms with Crippen LogP contribution in [0.4, 0.5) is 4.39 Å². The molecule has 1 N–H and O–H groups in total. The maximum atomic E-state index is 13.0. The summed E-state index contributed by atoms with van der Waals surface area (Å²) in [6, 6.07) is 12.7. The molecule has 2 nitrogen and oxygen atoms in total. The summed E-state index contributed by atoms with van der Waals surface area (Å²) in [4.78, 5) is 0. The lowest BCUT2D eigenvalue weighted by Gasteiger charge is -2.09. The first-order chi connectivity index (χ1) is 9.69. The van der Waals surface area contributed by atoms with Crippen LogP contribution in [0.1, 0.15) is 18.1 Å². The Morgan fingerprint density at radius 2 is 2.00 bits per heavy atom. The van der Waals surface area contributed by atoms with E-state index in [1.54, 1.807) is 6.07 Å². The van der Waals surface area contributed by atoms with Gasteiger partial charge >= 0.3 is 0 Å². The zero-order valence-electron chi connectivity index (χ0n) is 11.3. The fourth-order valence-corrected chi connectivity index (χ4v) is 2.41. The lowest BCUT2D eigenvalue weighted by atomic mass is 10.2. The zero-order chi connectivity index (χ0) is 14.4. The molecule has 0 radical (unpaired) electrons. The van der Waals surface area contributed by atoms with Crippen molar-refractivity contribution in [1.29, 1.82) is 0 Å². The molecule has 0 bridgehead atoms. The third-order valence-electron chi connectivity index (χ3n) is 2.87. The number of halogens is 2. The normalized spacial score (nSPS) is 10.6. The van der Waals surface area contributed by atoms with Gasteiger partial charge in [-0.2, -0.15) is 0 Å². The van der Waals surface area contributed by atoms with Crippen LogP contribution in [0.5, 0.6) is 5.75 Å². The number of ether oxygens (including phenoxy) is 1. The molecular weight excluding hydrogens is 321 g/mol. The molecule has 2 aromatic rings. The Morgan fingerprint density at radius 3 is 2.75 bits per heavy atom. The number of benzene rings is 2. The van der Waals surface area contributed by atoms with E-state index in [0.29, 0.717) is 13.2 Å². The van der Waals surface area contributed by atoms with E-state index in [0.717, 1.165) is 27.9 Å². The fraction of sp³-hybridized carbons (Fsp3) is 0.250. The second kappa shape index (κ2) is 7.41. The quantitative estimate of drug-likeness (QED) is 0.849. The highest BCUT2D eigenvalue weighted by atomic mass is 79.9. The molecule has 0 unspecified atom stereocenters. The average Bonchev–Trinajstić information content (AvgIpc) is 2.42. The van der Waals surface area contributed by atoms with E-state index in [1.165, 1.54) is 12.1 Å². The van der Waals surface area contributed by atoms with E-state index < -0.39 is 0 Å². The molecule has 2 aromatic carbocycles. The molecule has 4 heteroatoms. The summed E-state index contributed by atoms with van der Waals surface area (Å²) in [7, 11) is 0.